The van der Waals surface area contributed by atoms with Gasteiger partial charge in [-0.25, -0.2) is 4.79 Å². The van der Waals surface area contributed by atoms with Crippen LogP contribution in [-0.2, 0) is 6.54 Å². The number of hydrogen-bond donors (Lipinski definition) is 1. The van der Waals surface area contributed by atoms with Crippen LogP contribution in [0.2, 0.25) is 0 Å². The maximum Gasteiger partial charge on any atom is 0.324 e. The molecule has 0 spiro atoms. The lowest BCUT2D eigenvalue weighted by Gasteiger charge is -2.35. The van der Waals surface area contributed by atoms with E-state index in [1.165, 1.54) is 11.1 Å². The van der Waals surface area contributed by atoms with Crippen molar-refractivity contribution in [2.75, 3.05) is 52.3 Å². The zero-order valence-electron chi connectivity index (χ0n) is 15.1. The molecule has 1 fully saturated rings. The van der Waals surface area contributed by atoms with Crippen LogP contribution in [0.25, 0.3) is 0 Å². The third-order valence-corrected chi connectivity index (χ3v) is 5.13. The van der Waals surface area contributed by atoms with Gasteiger partial charge in [-0.2, -0.15) is 0 Å². The van der Waals surface area contributed by atoms with E-state index in [1.54, 1.807) is 7.11 Å². The molecule has 1 aromatic carbocycles. The first-order chi connectivity index (χ1) is 11.6. The molecule has 6 heteroatoms. The van der Waals surface area contributed by atoms with Gasteiger partial charge in [-0.05, 0) is 50.7 Å². The number of likely N-dealkylation sites (N-methyl/N-ethyl adjacent to an activating group) is 2. The van der Waals surface area contributed by atoms with Crippen LogP contribution in [0, 0.1) is 0 Å². The largest absolute Gasteiger partial charge is 0.495 e. The standard InChI is InChI=1S/C18H28N4O2/c1-5-21-7-6-8-22(18(21)23)15-9-13-12-20(3)16(11-19-2)14(13)10-17(15)24-4/h9-10,16,19H,5-8,11-12H2,1-4H3. The van der Waals surface area contributed by atoms with E-state index in [2.05, 4.69) is 29.4 Å². The Hall–Kier alpha value is -1.79. The minimum absolute atomic E-state index is 0.0835. The van der Waals surface area contributed by atoms with E-state index in [0.29, 0.717) is 6.04 Å². The second-order valence-corrected chi connectivity index (χ2v) is 6.58. The van der Waals surface area contributed by atoms with Crippen LogP contribution in [0.5, 0.6) is 5.75 Å². The van der Waals surface area contributed by atoms with E-state index in [0.717, 1.165) is 50.6 Å². The predicted molar refractivity (Wildman–Crippen MR) is 95.7 cm³/mol. The number of carbonyl (C=O) groups excluding carboxylic acids is 1. The van der Waals surface area contributed by atoms with Crippen molar-refractivity contribution >= 4 is 11.7 Å². The molecule has 1 N–H and O–H groups in total. The molecule has 0 bridgehead atoms. The van der Waals surface area contributed by atoms with Crippen LogP contribution < -0.4 is 15.0 Å². The van der Waals surface area contributed by atoms with Crippen molar-refractivity contribution < 1.29 is 9.53 Å². The molecule has 0 saturated carbocycles. The fourth-order valence-corrected chi connectivity index (χ4v) is 3.82. The molecular weight excluding hydrogens is 304 g/mol. The predicted octanol–water partition coefficient (Wildman–Crippen LogP) is 2.05. The Morgan fingerprint density at radius 2 is 2.12 bits per heavy atom. The number of benzene rings is 1. The van der Waals surface area contributed by atoms with Gasteiger partial charge in [0.15, 0.2) is 0 Å². The minimum Gasteiger partial charge on any atom is -0.495 e. The first-order valence-electron chi connectivity index (χ1n) is 8.72. The number of hydrogen-bond acceptors (Lipinski definition) is 4. The van der Waals surface area contributed by atoms with Gasteiger partial charge in [-0.15, -0.1) is 0 Å². The number of carbonyl (C=O) groups is 1. The summed E-state index contributed by atoms with van der Waals surface area (Å²) in [6.07, 6.45) is 0.988. The molecule has 1 atom stereocenters. The molecule has 0 aromatic heterocycles. The Morgan fingerprint density at radius 1 is 1.33 bits per heavy atom. The molecule has 1 aromatic rings. The van der Waals surface area contributed by atoms with Crippen molar-refractivity contribution in [2.24, 2.45) is 0 Å². The summed E-state index contributed by atoms with van der Waals surface area (Å²) in [5, 5.41) is 3.26. The topological polar surface area (TPSA) is 48.1 Å². The molecule has 0 radical (unpaired) electrons. The summed E-state index contributed by atoms with van der Waals surface area (Å²) >= 11 is 0. The monoisotopic (exact) mass is 332 g/mol. The molecule has 0 aliphatic carbocycles. The number of rotatable bonds is 5. The number of ether oxygens (including phenoxy) is 1. The smallest absolute Gasteiger partial charge is 0.324 e. The maximum absolute atomic E-state index is 12.7. The highest BCUT2D eigenvalue weighted by Gasteiger charge is 2.32. The summed E-state index contributed by atoms with van der Waals surface area (Å²) < 4.78 is 5.65. The van der Waals surface area contributed by atoms with Gasteiger partial charge in [0.2, 0.25) is 0 Å². The third kappa shape index (κ3) is 2.84. The highest BCUT2D eigenvalue weighted by Crippen LogP contribution is 2.40. The Balaban J connectivity index is 1.98. The lowest BCUT2D eigenvalue weighted by Crippen LogP contribution is -2.49. The molecule has 2 heterocycles. The highest BCUT2D eigenvalue weighted by atomic mass is 16.5. The Labute approximate surface area is 144 Å². The van der Waals surface area contributed by atoms with Gasteiger partial charge in [-0.1, -0.05) is 0 Å². The normalized spacial score (nSPS) is 21.3. The van der Waals surface area contributed by atoms with Gasteiger partial charge in [0.05, 0.1) is 12.8 Å². The maximum atomic E-state index is 12.7. The van der Waals surface area contributed by atoms with Crippen molar-refractivity contribution in [2.45, 2.75) is 25.9 Å². The van der Waals surface area contributed by atoms with Crippen molar-refractivity contribution in [1.29, 1.82) is 0 Å². The summed E-state index contributed by atoms with van der Waals surface area (Å²) in [6.45, 7) is 6.16. The quantitative estimate of drug-likeness (QED) is 0.897. The van der Waals surface area contributed by atoms with Crippen LogP contribution in [-0.4, -0.2) is 63.2 Å². The molecular formula is C18H28N4O2. The summed E-state index contributed by atoms with van der Waals surface area (Å²) in [5.41, 5.74) is 3.48. The molecule has 6 nitrogen and oxygen atoms in total. The Kier molecular flexibility index (Phi) is 4.96. The van der Waals surface area contributed by atoms with E-state index < -0.39 is 0 Å². The van der Waals surface area contributed by atoms with E-state index in [1.807, 2.05) is 23.8 Å². The fraction of sp³-hybridized carbons (Fsp3) is 0.611. The van der Waals surface area contributed by atoms with Gasteiger partial charge in [-0.3, -0.25) is 9.80 Å². The Morgan fingerprint density at radius 3 is 2.79 bits per heavy atom. The van der Waals surface area contributed by atoms with E-state index in [9.17, 15) is 4.79 Å². The van der Waals surface area contributed by atoms with Crippen LogP contribution in [0.3, 0.4) is 0 Å². The van der Waals surface area contributed by atoms with Gasteiger partial charge in [0.1, 0.15) is 5.75 Å². The second kappa shape index (κ2) is 6.99. The van der Waals surface area contributed by atoms with Gasteiger partial charge in [0, 0.05) is 38.8 Å². The summed E-state index contributed by atoms with van der Waals surface area (Å²) in [5.74, 6) is 0.788. The second-order valence-electron chi connectivity index (χ2n) is 6.58. The van der Waals surface area contributed by atoms with Crippen LogP contribution >= 0.6 is 0 Å². The molecule has 24 heavy (non-hydrogen) atoms. The van der Waals surface area contributed by atoms with Crippen molar-refractivity contribution in [3.8, 4) is 5.75 Å². The molecule has 3 rings (SSSR count). The number of nitrogens with zero attached hydrogens (tertiary/aromatic N) is 3. The molecule has 2 aliphatic rings. The minimum atomic E-state index is 0.0835. The highest BCUT2D eigenvalue weighted by molar-refractivity contribution is 5.94. The van der Waals surface area contributed by atoms with Gasteiger partial charge >= 0.3 is 6.03 Å². The average Bonchev–Trinajstić information content (AvgIpc) is 2.89. The SMILES string of the molecule is CCN1CCCN(c2cc3c(cc2OC)C(CNC)N(C)C3)C1=O. The zero-order chi connectivity index (χ0) is 17.3. The lowest BCUT2D eigenvalue weighted by atomic mass is 10.0. The summed E-state index contributed by atoms with van der Waals surface area (Å²) in [6, 6.07) is 4.70. The van der Waals surface area contributed by atoms with Gasteiger partial charge in [0.25, 0.3) is 0 Å². The summed E-state index contributed by atoms with van der Waals surface area (Å²) in [7, 11) is 5.80. The van der Waals surface area contributed by atoms with Crippen LogP contribution in [0.4, 0.5) is 10.5 Å². The van der Waals surface area contributed by atoms with Crippen molar-refractivity contribution in [3.05, 3.63) is 23.3 Å². The molecule has 2 aliphatic heterocycles. The van der Waals surface area contributed by atoms with E-state index >= 15 is 0 Å². The number of nitrogens with one attached hydrogen (secondary N) is 1. The number of urea groups is 1. The Bertz CT molecular complexity index is 619. The number of amides is 2. The first-order valence-corrected chi connectivity index (χ1v) is 8.72. The van der Waals surface area contributed by atoms with Gasteiger partial charge < -0.3 is 15.0 Å². The van der Waals surface area contributed by atoms with Crippen LogP contribution in [0.1, 0.15) is 30.5 Å². The zero-order valence-corrected chi connectivity index (χ0v) is 15.1. The fourth-order valence-electron chi connectivity index (χ4n) is 3.82. The van der Waals surface area contributed by atoms with Crippen LogP contribution in [0.15, 0.2) is 12.1 Å². The van der Waals surface area contributed by atoms with Crippen molar-refractivity contribution in [3.63, 3.8) is 0 Å². The molecule has 1 unspecified atom stereocenters. The molecule has 1 saturated heterocycles. The molecule has 132 valence electrons. The summed E-state index contributed by atoms with van der Waals surface area (Å²) in [4.78, 5) is 18.8. The number of anilines is 1. The third-order valence-electron chi connectivity index (χ3n) is 5.13. The first kappa shape index (κ1) is 17.0. The van der Waals surface area contributed by atoms with E-state index in [4.69, 9.17) is 4.74 Å². The van der Waals surface area contributed by atoms with E-state index in [-0.39, 0.29) is 6.03 Å². The average molecular weight is 332 g/mol. The number of methoxy groups -OCH3 is 1. The number of fused-ring (bicyclic) bond motifs is 1. The van der Waals surface area contributed by atoms with Crippen molar-refractivity contribution in [1.82, 2.24) is 15.1 Å². The molecule has 2 amide bonds. The lowest BCUT2D eigenvalue weighted by molar-refractivity contribution is 0.198.